The molecule has 10 heteroatoms. The Balaban J connectivity index is 1.31. The monoisotopic (exact) mass is 468 g/mol. The number of hydrogen-bond donors (Lipinski definition) is 1. The van der Waals surface area contributed by atoms with E-state index in [-0.39, 0.29) is 22.9 Å². The van der Waals surface area contributed by atoms with Crippen LogP contribution in [0.25, 0.3) is 5.65 Å². The zero-order valence-corrected chi connectivity index (χ0v) is 18.7. The van der Waals surface area contributed by atoms with Crippen LogP contribution in [0.15, 0.2) is 48.0 Å². The second kappa shape index (κ2) is 8.22. The Labute approximate surface area is 194 Å². The van der Waals surface area contributed by atoms with Gasteiger partial charge in [-0.05, 0) is 56.4 Å². The van der Waals surface area contributed by atoms with Gasteiger partial charge in [0.15, 0.2) is 5.65 Å². The molecule has 1 saturated carbocycles. The van der Waals surface area contributed by atoms with E-state index in [1.54, 1.807) is 23.0 Å². The predicted molar refractivity (Wildman–Crippen MR) is 122 cm³/mol. The number of fused-ring (bicyclic) bond motifs is 1. The molecule has 8 nitrogen and oxygen atoms in total. The molecule has 0 radical (unpaired) electrons. The van der Waals surface area contributed by atoms with Gasteiger partial charge in [-0.2, -0.15) is 15.2 Å². The van der Waals surface area contributed by atoms with E-state index in [0.717, 1.165) is 5.71 Å². The fourth-order valence-corrected chi connectivity index (χ4v) is 5.07. The topological polar surface area (TPSA) is 92.0 Å². The van der Waals surface area contributed by atoms with E-state index in [0.29, 0.717) is 49.0 Å². The molecule has 170 valence electrons. The van der Waals surface area contributed by atoms with Crippen LogP contribution in [0.1, 0.15) is 49.4 Å². The molecule has 3 aromatic rings. The Hall–Kier alpha value is -3.33. The first kappa shape index (κ1) is 21.5. The maximum absolute atomic E-state index is 13.5. The van der Waals surface area contributed by atoms with E-state index in [1.807, 2.05) is 6.92 Å². The van der Waals surface area contributed by atoms with Crippen molar-refractivity contribution >= 4 is 40.5 Å². The van der Waals surface area contributed by atoms with Crippen LogP contribution in [0, 0.1) is 11.2 Å². The Morgan fingerprint density at radius 1 is 1.33 bits per heavy atom. The Kier molecular flexibility index (Phi) is 5.36. The SMILES string of the molecule is CCC1=NN(c2ccc(F)cc2Cl)C(=O)C12CCC(NC(=O)c1cnn3cccnc13)CC2. The maximum Gasteiger partial charge on any atom is 0.259 e. The Morgan fingerprint density at radius 3 is 2.85 bits per heavy atom. The van der Waals surface area contributed by atoms with Gasteiger partial charge in [0.2, 0.25) is 0 Å². The molecule has 33 heavy (non-hydrogen) atoms. The van der Waals surface area contributed by atoms with Crippen molar-refractivity contribution in [3.63, 3.8) is 0 Å². The van der Waals surface area contributed by atoms with Crippen LogP contribution in [-0.4, -0.2) is 38.2 Å². The van der Waals surface area contributed by atoms with E-state index < -0.39 is 11.2 Å². The number of hydrogen-bond acceptors (Lipinski definition) is 5. The van der Waals surface area contributed by atoms with Gasteiger partial charge in [0.25, 0.3) is 11.8 Å². The van der Waals surface area contributed by atoms with Crippen LogP contribution in [0.2, 0.25) is 5.02 Å². The molecular weight excluding hydrogens is 447 g/mol. The molecular formula is C23H22ClFN6O2. The van der Waals surface area contributed by atoms with E-state index in [4.69, 9.17) is 11.6 Å². The van der Waals surface area contributed by atoms with Gasteiger partial charge in [0.05, 0.1) is 28.0 Å². The number of benzene rings is 1. The van der Waals surface area contributed by atoms with Gasteiger partial charge >= 0.3 is 0 Å². The summed E-state index contributed by atoms with van der Waals surface area (Å²) in [5.74, 6) is -0.849. The number of carbonyl (C=O) groups is 2. The Morgan fingerprint density at radius 2 is 2.12 bits per heavy atom. The number of aromatic nitrogens is 3. The van der Waals surface area contributed by atoms with E-state index in [1.165, 1.54) is 29.4 Å². The van der Waals surface area contributed by atoms with Gasteiger partial charge in [-0.15, -0.1) is 0 Å². The standard InChI is InChI=1S/C23H22ClFN6O2/c1-2-19-23(22(33)31(29-19)18-5-4-14(25)12-17(18)24)8-6-15(7-9-23)28-21(32)16-13-27-30-11-3-10-26-20(16)30/h3-5,10-13,15H,2,6-9H2,1H3,(H,28,32). The van der Waals surface area contributed by atoms with Gasteiger partial charge in [-0.3, -0.25) is 9.59 Å². The lowest BCUT2D eigenvalue weighted by atomic mass is 9.68. The van der Waals surface area contributed by atoms with Crippen LogP contribution in [0.3, 0.4) is 0 Å². The van der Waals surface area contributed by atoms with Crippen molar-refractivity contribution in [1.29, 1.82) is 0 Å². The zero-order chi connectivity index (χ0) is 23.2. The molecule has 1 aliphatic carbocycles. The first-order chi connectivity index (χ1) is 15.9. The van der Waals surface area contributed by atoms with Crippen LogP contribution < -0.4 is 10.3 Å². The summed E-state index contributed by atoms with van der Waals surface area (Å²) in [4.78, 5) is 30.6. The summed E-state index contributed by atoms with van der Waals surface area (Å²) in [6.45, 7) is 1.97. The second-order valence-electron chi connectivity index (χ2n) is 8.39. The lowest BCUT2D eigenvalue weighted by Crippen LogP contribution is -2.47. The van der Waals surface area contributed by atoms with Crippen LogP contribution >= 0.6 is 11.6 Å². The van der Waals surface area contributed by atoms with Gasteiger partial charge in [0, 0.05) is 18.4 Å². The van der Waals surface area contributed by atoms with Crippen LogP contribution in [0.4, 0.5) is 10.1 Å². The normalized spacial score (nSPS) is 22.8. The molecule has 5 rings (SSSR count). The molecule has 0 atom stereocenters. The quantitative estimate of drug-likeness (QED) is 0.626. The zero-order valence-electron chi connectivity index (χ0n) is 18.0. The van der Waals surface area contributed by atoms with Crippen molar-refractivity contribution in [1.82, 2.24) is 19.9 Å². The van der Waals surface area contributed by atoms with E-state index in [9.17, 15) is 14.0 Å². The molecule has 1 spiro atoms. The highest BCUT2D eigenvalue weighted by molar-refractivity contribution is 6.34. The smallest absolute Gasteiger partial charge is 0.259 e. The summed E-state index contributed by atoms with van der Waals surface area (Å²) in [7, 11) is 0. The number of halogens is 2. The number of rotatable bonds is 4. The molecule has 0 bridgehead atoms. The van der Waals surface area contributed by atoms with Crippen molar-refractivity contribution < 1.29 is 14.0 Å². The van der Waals surface area contributed by atoms with Crippen molar-refractivity contribution in [2.75, 3.05) is 5.01 Å². The number of amides is 2. The highest BCUT2D eigenvalue weighted by Crippen LogP contribution is 2.46. The minimum Gasteiger partial charge on any atom is -0.349 e. The molecule has 3 heterocycles. The van der Waals surface area contributed by atoms with Gasteiger partial charge < -0.3 is 5.32 Å². The fourth-order valence-electron chi connectivity index (χ4n) is 4.82. The third kappa shape index (κ3) is 3.56. The van der Waals surface area contributed by atoms with Gasteiger partial charge in [0.1, 0.15) is 11.4 Å². The Bertz CT molecular complexity index is 1280. The lowest BCUT2D eigenvalue weighted by Gasteiger charge is -2.36. The summed E-state index contributed by atoms with van der Waals surface area (Å²) >= 11 is 6.20. The van der Waals surface area contributed by atoms with Crippen molar-refractivity contribution in [2.45, 2.75) is 45.1 Å². The van der Waals surface area contributed by atoms with Crippen molar-refractivity contribution in [2.24, 2.45) is 10.5 Å². The van der Waals surface area contributed by atoms with Gasteiger partial charge in [-0.25, -0.2) is 13.9 Å². The number of carbonyl (C=O) groups excluding carboxylic acids is 2. The predicted octanol–water partition coefficient (Wildman–Crippen LogP) is 3.99. The molecule has 1 N–H and O–H groups in total. The van der Waals surface area contributed by atoms with Crippen molar-refractivity contribution in [3.05, 3.63) is 59.3 Å². The van der Waals surface area contributed by atoms with Gasteiger partial charge in [-0.1, -0.05) is 18.5 Å². The maximum atomic E-state index is 13.5. The third-order valence-corrected chi connectivity index (χ3v) is 6.85. The van der Waals surface area contributed by atoms with Crippen LogP contribution in [-0.2, 0) is 4.79 Å². The molecule has 1 aliphatic heterocycles. The summed E-state index contributed by atoms with van der Waals surface area (Å²) in [5.41, 5.74) is 1.37. The minimum absolute atomic E-state index is 0.0730. The molecule has 0 saturated heterocycles. The van der Waals surface area contributed by atoms with Crippen molar-refractivity contribution in [3.8, 4) is 0 Å². The molecule has 1 fully saturated rings. The number of nitrogens with zero attached hydrogens (tertiary/aromatic N) is 5. The number of anilines is 1. The van der Waals surface area contributed by atoms with E-state index in [2.05, 4.69) is 20.5 Å². The molecule has 1 aromatic carbocycles. The highest BCUT2D eigenvalue weighted by atomic mass is 35.5. The first-order valence-electron chi connectivity index (χ1n) is 10.9. The summed E-state index contributed by atoms with van der Waals surface area (Å²) in [6, 6.07) is 5.59. The lowest BCUT2D eigenvalue weighted by molar-refractivity contribution is -0.125. The third-order valence-electron chi connectivity index (χ3n) is 6.55. The molecule has 2 aliphatic rings. The number of hydrazone groups is 1. The average molecular weight is 469 g/mol. The summed E-state index contributed by atoms with van der Waals surface area (Å²) in [6.07, 6.45) is 7.87. The average Bonchev–Trinajstić information content (AvgIpc) is 3.35. The fraction of sp³-hybridized carbons (Fsp3) is 0.348. The largest absolute Gasteiger partial charge is 0.349 e. The summed E-state index contributed by atoms with van der Waals surface area (Å²) < 4.78 is 15.0. The first-order valence-corrected chi connectivity index (χ1v) is 11.3. The van der Waals surface area contributed by atoms with E-state index >= 15 is 0 Å². The molecule has 0 unspecified atom stereocenters. The molecule has 2 aromatic heterocycles. The molecule has 2 amide bonds. The number of nitrogens with one attached hydrogen (secondary N) is 1. The summed E-state index contributed by atoms with van der Waals surface area (Å²) in [5, 5.41) is 13.3. The second-order valence-corrected chi connectivity index (χ2v) is 8.80. The minimum atomic E-state index is -0.723. The van der Waals surface area contributed by atoms with Crippen LogP contribution in [0.5, 0.6) is 0 Å². The highest BCUT2D eigenvalue weighted by Gasteiger charge is 2.52.